The van der Waals surface area contributed by atoms with Crippen LogP contribution in [0.25, 0.3) is 54.1 Å². The van der Waals surface area contributed by atoms with Gasteiger partial charge in [-0.2, -0.15) is 0 Å². The Morgan fingerprint density at radius 1 is 0.463 bits per heavy atom. The summed E-state index contributed by atoms with van der Waals surface area (Å²) in [5, 5.41) is 10.6. The Kier molecular flexibility index (Phi) is 7.27. The van der Waals surface area contributed by atoms with Gasteiger partial charge in [0.25, 0.3) is 0 Å². The lowest BCUT2D eigenvalue weighted by molar-refractivity contribution is 0.497. The van der Waals surface area contributed by atoms with Crippen molar-refractivity contribution >= 4 is 75.6 Å². The number of hydrogen-bond donors (Lipinski definition) is 0. The molecular weight excluding hydrogens is 698 g/mol. The molecule has 0 radical (unpaired) electrons. The van der Waals surface area contributed by atoms with Crippen molar-refractivity contribution < 1.29 is 12.9 Å². The molecule has 0 saturated carbocycles. The van der Waals surface area contributed by atoms with E-state index in [0.717, 1.165) is 54.8 Å². The van der Waals surface area contributed by atoms with E-state index in [1.54, 1.807) is 0 Å². The Balaban J connectivity index is 1.14. The Labute approximate surface area is 314 Å². The molecule has 0 fully saturated rings. The fourth-order valence-corrected chi connectivity index (χ4v) is 12.5. The molecule has 1 aromatic heterocycles. The van der Waals surface area contributed by atoms with Crippen LogP contribution in [0.5, 0.6) is 5.75 Å². The van der Waals surface area contributed by atoms with Crippen molar-refractivity contribution in [3.63, 3.8) is 0 Å². The number of benzene rings is 8. The number of fused-ring (bicyclic) bond motifs is 7. The van der Waals surface area contributed by atoms with Gasteiger partial charge in [-0.05, 0) is 80.3 Å². The van der Waals surface area contributed by atoms with Crippen LogP contribution in [0, 0.1) is 0 Å². The van der Waals surface area contributed by atoms with Crippen molar-refractivity contribution in [2.75, 3.05) is 0 Å². The third-order valence-electron chi connectivity index (χ3n) is 10.8. The van der Waals surface area contributed by atoms with Crippen molar-refractivity contribution in [2.45, 2.75) is 5.41 Å². The first-order valence-electron chi connectivity index (χ1n) is 18.2. The summed E-state index contributed by atoms with van der Waals surface area (Å²) in [5.74, 6) is 0.740. The lowest BCUT2D eigenvalue weighted by atomic mass is 9.72. The van der Waals surface area contributed by atoms with Crippen LogP contribution in [0.15, 0.2) is 203 Å². The third-order valence-corrected chi connectivity index (χ3v) is 14.5. The van der Waals surface area contributed by atoms with Gasteiger partial charge in [-0.25, -0.2) is 0 Å². The Bertz CT molecular complexity index is 2940. The molecule has 2 atom stereocenters. The van der Waals surface area contributed by atoms with Crippen molar-refractivity contribution in [1.29, 1.82) is 0 Å². The van der Waals surface area contributed by atoms with Gasteiger partial charge in [-0.15, -0.1) is 0 Å². The average Bonchev–Trinajstić information content (AvgIpc) is 3.41. The van der Waals surface area contributed by atoms with Gasteiger partial charge in [0.2, 0.25) is 0 Å². The first-order chi connectivity index (χ1) is 26.7. The van der Waals surface area contributed by atoms with E-state index in [0.29, 0.717) is 0 Å². The Morgan fingerprint density at radius 2 is 1.02 bits per heavy atom. The summed E-state index contributed by atoms with van der Waals surface area (Å²) in [6.07, 6.45) is 5.01. The van der Waals surface area contributed by atoms with Crippen LogP contribution in [0.1, 0.15) is 22.3 Å². The standard InChI is InChI=1S/C49H32O3P2/c1-3-17-35(18-4-1)45-31-49(36-19-5-2-6-20-36)32-46(53(45)44-26-14-12-24-40(44)49)39-23-11-13-25-41(39)50-54-51-42-29-27-33-15-7-9-21-37(33)47(42)48-38-22-10-8-16-34(38)28-30-43(48)52-54/h1-32H. The van der Waals surface area contributed by atoms with Gasteiger partial charge in [0.1, 0.15) is 16.9 Å². The lowest BCUT2D eigenvalue weighted by Crippen LogP contribution is -2.36. The second-order valence-electron chi connectivity index (χ2n) is 13.8. The summed E-state index contributed by atoms with van der Waals surface area (Å²) in [6, 6.07) is 64.5. The molecule has 3 nitrogen and oxygen atoms in total. The van der Waals surface area contributed by atoms with Crippen LogP contribution >= 0.6 is 16.2 Å². The number of rotatable bonds is 5. The van der Waals surface area contributed by atoms with E-state index in [9.17, 15) is 0 Å². The van der Waals surface area contributed by atoms with Crippen molar-refractivity contribution in [3.05, 3.63) is 216 Å². The van der Waals surface area contributed by atoms with Crippen molar-refractivity contribution in [1.82, 2.24) is 0 Å². The zero-order valence-electron chi connectivity index (χ0n) is 29.1. The maximum Gasteiger partial charge on any atom is 0.453 e. The van der Waals surface area contributed by atoms with Gasteiger partial charge in [-0.1, -0.05) is 176 Å². The minimum atomic E-state index is -1.90. The molecule has 3 aliphatic rings. The molecule has 2 bridgehead atoms. The molecule has 256 valence electrons. The van der Waals surface area contributed by atoms with Gasteiger partial charge in [0.05, 0.1) is 5.41 Å². The molecule has 0 amide bonds. The largest absolute Gasteiger partial charge is 0.453 e. The van der Waals surface area contributed by atoms with E-state index in [1.165, 1.54) is 32.6 Å². The Morgan fingerprint density at radius 3 is 1.72 bits per heavy atom. The first-order valence-corrected chi connectivity index (χ1v) is 20.6. The maximum absolute atomic E-state index is 7.00. The monoisotopic (exact) mass is 730 g/mol. The lowest BCUT2D eigenvalue weighted by Gasteiger charge is -2.46. The second kappa shape index (κ2) is 12.5. The molecule has 0 N–H and O–H groups in total. The highest BCUT2D eigenvalue weighted by Gasteiger charge is 2.46. The van der Waals surface area contributed by atoms with Gasteiger partial charge in [-0.3, -0.25) is 0 Å². The van der Waals surface area contributed by atoms with Crippen LogP contribution in [0.4, 0.5) is 0 Å². The molecule has 0 spiro atoms. The zero-order valence-corrected chi connectivity index (χ0v) is 30.9. The van der Waals surface area contributed by atoms with Crippen LogP contribution in [-0.4, -0.2) is 0 Å². The van der Waals surface area contributed by atoms with E-state index in [2.05, 4.69) is 188 Å². The highest BCUT2D eigenvalue weighted by molar-refractivity contribution is 7.85. The SMILES string of the molecule is C1=C(c2ccccc2)P2C(c3ccccc3Op3oc4ccc5ccccc5c4c4c(ccc5ccccc54)o3)=CC1(c1ccccc1)c1ccccc12. The van der Waals surface area contributed by atoms with E-state index in [-0.39, 0.29) is 0 Å². The fourth-order valence-electron chi connectivity index (χ4n) is 8.45. The number of hydrogen-bond acceptors (Lipinski definition) is 3. The molecule has 2 unspecified atom stereocenters. The molecule has 0 saturated heterocycles. The molecule has 12 rings (SSSR count). The second-order valence-corrected chi connectivity index (χ2v) is 16.9. The molecule has 54 heavy (non-hydrogen) atoms. The van der Waals surface area contributed by atoms with Crippen molar-refractivity contribution in [3.8, 4) is 5.75 Å². The molecule has 0 aliphatic carbocycles. The summed E-state index contributed by atoms with van der Waals surface area (Å²) in [7, 11) is -2.82. The summed E-state index contributed by atoms with van der Waals surface area (Å²) in [6.45, 7) is 0. The molecule has 4 heterocycles. The normalized spacial score (nSPS) is 17.4. The van der Waals surface area contributed by atoms with Gasteiger partial charge < -0.3 is 12.9 Å². The number of para-hydroxylation sites is 1. The Hall–Kier alpha value is -6.11. The average molecular weight is 731 g/mol. The highest BCUT2D eigenvalue weighted by Crippen LogP contribution is 2.70. The molecule has 3 aliphatic heterocycles. The van der Waals surface area contributed by atoms with Gasteiger partial charge >= 0.3 is 8.24 Å². The predicted molar refractivity (Wildman–Crippen MR) is 226 cm³/mol. The van der Waals surface area contributed by atoms with E-state index in [1.807, 2.05) is 6.07 Å². The van der Waals surface area contributed by atoms with Crippen LogP contribution in [0.3, 0.4) is 0 Å². The van der Waals surface area contributed by atoms with Gasteiger partial charge in [0.15, 0.2) is 0 Å². The minimum Gasteiger partial charge on any atom is -0.390 e. The van der Waals surface area contributed by atoms with E-state index < -0.39 is 21.6 Å². The molecule has 5 heteroatoms. The third kappa shape index (κ3) is 4.86. The van der Waals surface area contributed by atoms with Crippen LogP contribution in [0.2, 0.25) is 0 Å². The summed E-state index contributed by atoms with van der Waals surface area (Å²) < 4.78 is 20.7. The predicted octanol–water partition coefficient (Wildman–Crippen LogP) is 13.9. The molecule has 9 aromatic rings. The summed E-state index contributed by atoms with van der Waals surface area (Å²) in [4.78, 5) is 0. The summed E-state index contributed by atoms with van der Waals surface area (Å²) >= 11 is 0. The summed E-state index contributed by atoms with van der Waals surface area (Å²) in [5.41, 5.74) is 5.92. The number of allylic oxidation sites excluding steroid dienone is 2. The maximum atomic E-state index is 7.00. The highest BCUT2D eigenvalue weighted by atomic mass is 31.1. The van der Waals surface area contributed by atoms with Gasteiger partial charge in [0, 0.05) is 16.3 Å². The fraction of sp³-hybridized carbons (Fsp3) is 0.0204. The van der Waals surface area contributed by atoms with Crippen LogP contribution in [-0.2, 0) is 5.41 Å². The minimum absolute atomic E-state index is 0.455. The smallest absolute Gasteiger partial charge is 0.390 e. The molecule has 8 aromatic carbocycles. The van der Waals surface area contributed by atoms with E-state index in [4.69, 9.17) is 12.9 Å². The first kappa shape index (κ1) is 31.4. The molecular formula is C49H32O3P2. The van der Waals surface area contributed by atoms with Crippen molar-refractivity contribution in [2.24, 2.45) is 0 Å². The zero-order chi connectivity index (χ0) is 35.6. The van der Waals surface area contributed by atoms with E-state index >= 15 is 0 Å². The quantitative estimate of drug-likeness (QED) is 0.165. The van der Waals surface area contributed by atoms with Crippen LogP contribution < -0.4 is 9.83 Å². The topological polar surface area (TPSA) is 35.5 Å².